The number of ether oxygens (including phenoxy) is 4. The number of likely N-dealkylation sites (tertiary alicyclic amines) is 2. The monoisotopic (exact) mass is 902 g/mol. The molecule has 0 radical (unpaired) electrons. The summed E-state index contributed by atoms with van der Waals surface area (Å²) in [6.45, 7) is 13.0. The number of nitrogens with zero attached hydrogens (tertiary/aromatic N) is 4. The number of imidazole rings is 2. The lowest BCUT2D eigenvalue weighted by atomic mass is 9.85. The first-order chi connectivity index (χ1) is 31.7. The molecule has 4 aliphatic heterocycles. The number of benzene rings is 3. The van der Waals surface area contributed by atoms with E-state index < -0.39 is 24.3 Å². The van der Waals surface area contributed by atoms with Gasteiger partial charge in [0.05, 0.1) is 61.4 Å². The average molecular weight is 903 g/mol. The quantitative estimate of drug-likeness (QED) is 0.106. The van der Waals surface area contributed by atoms with Gasteiger partial charge in [-0.1, -0.05) is 45.4 Å². The molecule has 4 aliphatic rings. The van der Waals surface area contributed by atoms with Crippen LogP contribution in [-0.4, -0.2) is 105 Å². The predicted molar refractivity (Wildman–Crippen MR) is 248 cm³/mol. The Bertz CT molecular complexity index is 2650. The average Bonchev–Trinajstić information content (AvgIpc) is 4.14. The summed E-state index contributed by atoms with van der Waals surface area (Å²) < 4.78 is 22.3. The van der Waals surface area contributed by atoms with Crippen LogP contribution in [0.3, 0.4) is 0 Å². The molecule has 66 heavy (non-hydrogen) atoms. The van der Waals surface area contributed by atoms with E-state index >= 15 is 0 Å². The Labute approximate surface area is 384 Å². The van der Waals surface area contributed by atoms with Gasteiger partial charge in [-0.25, -0.2) is 19.6 Å². The number of hydrogen-bond acceptors (Lipinski definition) is 10. The van der Waals surface area contributed by atoms with E-state index in [4.69, 9.17) is 28.9 Å². The SMILES string of the molecule is CC[C@H]1CC(c2ncc(-c3ccc4c(c3)COc3cc5c(ccc6nc(C7CC[C@H](C)N7C(=O)[C@@H](NC(=O)OC)C(C)C)[nH]c65)cc3-4)[nH]2)N(C(=O)C(NC(=O)OC)[C@@H]2CC(C)O[C@H](C)C2)C1. The van der Waals surface area contributed by atoms with Gasteiger partial charge in [-0.05, 0) is 117 Å². The van der Waals surface area contributed by atoms with Crippen LogP contribution in [0.5, 0.6) is 5.75 Å². The van der Waals surface area contributed by atoms with E-state index in [1.807, 2.05) is 56.7 Å². The fourth-order valence-electron chi connectivity index (χ4n) is 11.0. The molecule has 0 bridgehead atoms. The van der Waals surface area contributed by atoms with E-state index in [1.54, 1.807) is 0 Å². The molecule has 6 heterocycles. The minimum atomic E-state index is -0.742. The molecule has 16 heteroatoms. The van der Waals surface area contributed by atoms with Crippen LogP contribution in [0.25, 0.3) is 44.2 Å². The van der Waals surface area contributed by atoms with Gasteiger partial charge in [-0.15, -0.1) is 0 Å². The molecule has 4 amide bonds. The third-order valence-electron chi connectivity index (χ3n) is 14.4. The van der Waals surface area contributed by atoms with Crippen molar-refractivity contribution < 1.29 is 38.1 Å². The Morgan fingerprint density at radius 3 is 2.35 bits per heavy atom. The van der Waals surface area contributed by atoms with Crippen LogP contribution in [0.4, 0.5) is 9.59 Å². The molecule has 3 aromatic carbocycles. The number of nitrogens with one attached hydrogen (secondary N) is 4. The molecule has 9 atom stereocenters. The number of carbonyl (C=O) groups is 4. The molecule has 0 aliphatic carbocycles. The van der Waals surface area contributed by atoms with Gasteiger partial charge in [0.15, 0.2) is 0 Å². The van der Waals surface area contributed by atoms with Gasteiger partial charge >= 0.3 is 12.2 Å². The molecule has 0 spiro atoms. The standard InChI is InChI=1S/C50H62N8O8/c1-9-29-18-40(57(23-29)47(59)43(56-50(62)64-8)32-16-27(5)66-28(6)17-32)45-51-22-38(53-45)31-11-13-34-33(19-31)24-65-41-21-35-30(20-36(34)41)12-14-37-44(35)54-46(52-37)39-15-10-26(4)58(39)48(60)42(25(2)3)55-49(61)63-7/h11-14,19-22,25-29,32,39-40,42-43H,9-10,15-18,23-24H2,1-8H3,(H,51,53)(H,52,54)(H,55,61)(H,56,62)/t26-,27+,28?,29-,32-,39?,40?,42-,43?/m0/s1. The maximum atomic E-state index is 14.5. The van der Waals surface area contributed by atoms with Crippen LogP contribution in [0, 0.1) is 17.8 Å². The van der Waals surface area contributed by atoms with Crippen molar-refractivity contribution in [2.45, 2.75) is 129 Å². The largest absolute Gasteiger partial charge is 0.488 e. The Hall–Kier alpha value is -6.16. The second-order valence-electron chi connectivity index (χ2n) is 19.2. The lowest BCUT2D eigenvalue weighted by molar-refractivity contribution is -0.139. The molecular formula is C50H62N8O8. The Morgan fingerprint density at radius 1 is 0.864 bits per heavy atom. The second-order valence-corrected chi connectivity index (χ2v) is 19.2. The maximum Gasteiger partial charge on any atom is 0.407 e. The van der Waals surface area contributed by atoms with E-state index in [2.05, 4.69) is 63.9 Å². The van der Waals surface area contributed by atoms with Crippen LogP contribution in [0.2, 0.25) is 0 Å². The van der Waals surface area contributed by atoms with Crippen LogP contribution in [0.15, 0.2) is 48.7 Å². The summed E-state index contributed by atoms with van der Waals surface area (Å²) in [6, 6.07) is 12.6. The first kappa shape index (κ1) is 45.0. The highest BCUT2D eigenvalue weighted by Crippen LogP contribution is 2.44. The summed E-state index contributed by atoms with van der Waals surface area (Å²) in [7, 11) is 2.62. The molecule has 4 unspecified atom stereocenters. The second kappa shape index (κ2) is 18.3. The zero-order chi connectivity index (χ0) is 46.6. The number of aromatic nitrogens is 4. The minimum Gasteiger partial charge on any atom is -0.488 e. The van der Waals surface area contributed by atoms with E-state index in [-0.39, 0.29) is 54.0 Å². The molecule has 2 aromatic heterocycles. The first-order valence-corrected chi connectivity index (χ1v) is 23.5. The van der Waals surface area contributed by atoms with Crippen LogP contribution in [-0.2, 0) is 30.4 Å². The summed E-state index contributed by atoms with van der Waals surface area (Å²) >= 11 is 0. The lowest BCUT2D eigenvalue weighted by Crippen LogP contribution is -2.54. The van der Waals surface area contributed by atoms with Crippen molar-refractivity contribution in [1.29, 1.82) is 0 Å². The van der Waals surface area contributed by atoms with Gasteiger partial charge in [0.2, 0.25) is 11.8 Å². The molecular weight excluding hydrogens is 841 g/mol. The number of rotatable bonds is 10. The van der Waals surface area contributed by atoms with Crippen molar-refractivity contribution in [3.63, 3.8) is 0 Å². The molecule has 16 nitrogen and oxygen atoms in total. The van der Waals surface area contributed by atoms with Gasteiger partial charge in [0.25, 0.3) is 0 Å². The van der Waals surface area contributed by atoms with E-state index in [0.717, 1.165) is 87.0 Å². The zero-order valence-electron chi connectivity index (χ0n) is 39.1. The predicted octanol–water partition coefficient (Wildman–Crippen LogP) is 8.33. The number of H-pyrrole nitrogens is 2. The van der Waals surface area contributed by atoms with Crippen LogP contribution < -0.4 is 15.4 Å². The van der Waals surface area contributed by atoms with E-state index in [0.29, 0.717) is 37.7 Å². The third kappa shape index (κ3) is 8.44. The zero-order valence-corrected chi connectivity index (χ0v) is 39.1. The van der Waals surface area contributed by atoms with Gasteiger partial charge in [0.1, 0.15) is 36.1 Å². The van der Waals surface area contributed by atoms with E-state index in [9.17, 15) is 19.2 Å². The molecule has 3 fully saturated rings. The first-order valence-electron chi connectivity index (χ1n) is 23.5. The molecule has 350 valence electrons. The van der Waals surface area contributed by atoms with Crippen molar-refractivity contribution in [2.75, 3.05) is 20.8 Å². The normalized spacial score (nSPS) is 24.7. The fourth-order valence-corrected chi connectivity index (χ4v) is 11.0. The molecule has 4 N–H and O–H groups in total. The van der Waals surface area contributed by atoms with Crippen LogP contribution >= 0.6 is 0 Å². The van der Waals surface area contributed by atoms with Crippen molar-refractivity contribution in [1.82, 2.24) is 40.4 Å². The Balaban J connectivity index is 0.963. The van der Waals surface area contributed by atoms with Crippen molar-refractivity contribution in [3.05, 3.63) is 65.9 Å². The molecule has 3 saturated heterocycles. The lowest BCUT2D eigenvalue weighted by Gasteiger charge is -2.38. The van der Waals surface area contributed by atoms with Crippen molar-refractivity contribution in [2.24, 2.45) is 17.8 Å². The van der Waals surface area contributed by atoms with Gasteiger partial charge < -0.3 is 49.3 Å². The van der Waals surface area contributed by atoms with Crippen molar-refractivity contribution >= 4 is 45.8 Å². The number of hydrogen-bond donors (Lipinski definition) is 4. The molecule has 9 rings (SSSR count). The number of methoxy groups -OCH3 is 2. The number of alkyl carbamates (subject to hydrolysis) is 2. The highest BCUT2D eigenvalue weighted by atomic mass is 16.5. The summed E-state index contributed by atoms with van der Waals surface area (Å²) in [4.78, 5) is 74.2. The topological polar surface area (TPSA) is 193 Å². The Morgan fingerprint density at radius 2 is 1.62 bits per heavy atom. The highest BCUT2D eigenvalue weighted by molar-refractivity contribution is 6.07. The highest BCUT2D eigenvalue weighted by Gasteiger charge is 2.45. The fraction of sp³-hybridized carbons (Fsp3) is 0.520. The molecule has 5 aromatic rings. The van der Waals surface area contributed by atoms with Crippen molar-refractivity contribution in [3.8, 4) is 28.1 Å². The number of amides is 4. The smallest absolute Gasteiger partial charge is 0.407 e. The number of aromatic amines is 2. The summed E-state index contributed by atoms with van der Waals surface area (Å²) in [5, 5.41) is 7.63. The maximum absolute atomic E-state index is 14.5. The third-order valence-corrected chi connectivity index (χ3v) is 14.4. The van der Waals surface area contributed by atoms with Gasteiger partial charge in [-0.3, -0.25) is 9.59 Å². The Kier molecular flexibility index (Phi) is 12.5. The number of fused-ring (bicyclic) bond motifs is 6. The summed E-state index contributed by atoms with van der Waals surface area (Å²) in [5.74, 6) is 1.99. The molecule has 0 saturated carbocycles. The van der Waals surface area contributed by atoms with E-state index in [1.165, 1.54) is 14.2 Å². The van der Waals surface area contributed by atoms with Gasteiger partial charge in [-0.2, -0.15) is 0 Å². The minimum absolute atomic E-state index is 0.0294. The summed E-state index contributed by atoms with van der Waals surface area (Å²) in [5.41, 5.74) is 6.60. The van der Waals surface area contributed by atoms with Gasteiger partial charge in [0, 0.05) is 23.5 Å². The summed E-state index contributed by atoms with van der Waals surface area (Å²) in [6.07, 6.45) is 5.09. The van der Waals surface area contributed by atoms with Crippen LogP contribution in [0.1, 0.15) is 109 Å². The number of carbonyl (C=O) groups excluding carboxylic acids is 4.